The summed E-state index contributed by atoms with van der Waals surface area (Å²) in [6.07, 6.45) is 0.463. The standard InChI is InChI=1S/C39H58BN9O10/c1-3-4-7-24-9-11-25(12-10-24)26-13-15-27(16-14-26)35(53)44-20-17-32(52)45-28(8-5-6-19-41)36(54)48-33(23(2)50)38(56)49-34(43)39(57)46-29(22-31(42)51)37(55)47-30-18-21-59-40(30)58/h9-16,23,28-30,33-34,50,58H,3-8,17-22,41,43H2,1-2H3,(H2,42,51)(H,44,53)(H,45,52)(H,46,57)(H,47,55)(H,48,54)(H,49,56)/t23?,28-,29?,30-,33-,34+/m0/s1. The largest absolute Gasteiger partial charge is 0.478 e. The minimum atomic E-state index is -1.83. The maximum absolute atomic E-state index is 13.4. The van der Waals surface area contributed by atoms with Gasteiger partial charge in [-0.25, -0.2) is 0 Å². The lowest BCUT2D eigenvalue weighted by atomic mass is 9.80. The Morgan fingerprint density at radius 2 is 1.51 bits per heavy atom. The van der Waals surface area contributed by atoms with Crippen molar-refractivity contribution >= 4 is 48.5 Å². The highest BCUT2D eigenvalue weighted by Crippen LogP contribution is 2.21. The van der Waals surface area contributed by atoms with Gasteiger partial charge in [-0.3, -0.25) is 33.6 Å². The minimum absolute atomic E-state index is 0.0413. The van der Waals surface area contributed by atoms with Gasteiger partial charge in [0.05, 0.1) is 18.5 Å². The Hall–Kier alpha value is -5.41. The molecule has 2 aromatic rings. The fraction of sp³-hybridized carbons (Fsp3) is 0.513. The van der Waals surface area contributed by atoms with E-state index < -0.39 is 85.3 Å². The molecule has 0 saturated carbocycles. The lowest BCUT2D eigenvalue weighted by Gasteiger charge is -2.26. The van der Waals surface area contributed by atoms with Crippen LogP contribution in [-0.4, -0.2) is 115 Å². The zero-order valence-electron chi connectivity index (χ0n) is 33.5. The molecule has 2 aromatic carbocycles. The molecule has 1 saturated heterocycles. The molecule has 0 radical (unpaired) electrons. The van der Waals surface area contributed by atoms with E-state index in [1.165, 1.54) is 12.5 Å². The van der Waals surface area contributed by atoms with Crippen molar-refractivity contribution in [3.63, 3.8) is 0 Å². The summed E-state index contributed by atoms with van der Waals surface area (Å²) >= 11 is 0. The number of carbonyl (C=O) groups excluding carboxylic acids is 7. The molecule has 19 nitrogen and oxygen atoms in total. The normalized spacial score (nSPS) is 16.1. The number of aliphatic hydroxyl groups is 1. The maximum Gasteiger partial charge on any atom is 0.478 e. The predicted octanol–water partition coefficient (Wildman–Crippen LogP) is -2.02. The van der Waals surface area contributed by atoms with Crippen LogP contribution in [0, 0.1) is 0 Å². The number of primary amides is 1. The molecule has 20 heteroatoms. The summed E-state index contributed by atoms with van der Waals surface area (Å²) in [4.78, 5) is 89.6. The molecule has 59 heavy (non-hydrogen) atoms. The number of hydrogen-bond acceptors (Lipinski definition) is 12. The van der Waals surface area contributed by atoms with Gasteiger partial charge in [0, 0.05) is 25.1 Å². The van der Waals surface area contributed by atoms with Crippen molar-refractivity contribution in [2.75, 3.05) is 19.7 Å². The SMILES string of the molecule is CCCCc1ccc(-c2ccc(C(=O)NCCC(=O)N[C@@H](CCCCN)C(=O)N[C@H](C(=O)N[C@@H](N)C(=O)NC(CC(N)=O)C(=O)N[C@H]3CCOB3O)C(C)O)cc2)cc1. The number of aliphatic hydroxyl groups excluding tert-OH is 1. The van der Waals surface area contributed by atoms with E-state index in [4.69, 9.17) is 21.9 Å². The van der Waals surface area contributed by atoms with Crippen LogP contribution in [0.4, 0.5) is 0 Å². The van der Waals surface area contributed by atoms with Gasteiger partial charge in [-0.1, -0.05) is 49.7 Å². The molecule has 14 N–H and O–H groups in total. The van der Waals surface area contributed by atoms with Crippen LogP contribution in [-0.2, 0) is 39.8 Å². The van der Waals surface area contributed by atoms with Crippen molar-refractivity contribution in [3.05, 3.63) is 59.7 Å². The van der Waals surface area contributed by atoms with E-state index >= 15 is 0 Å². The van der Waals surface area contributed by atoms with Crippen molar-refractivity contribution in [1.82, 2.24) is 31.9 Å². The van der Waals surface area contributed by atoms with E-state index in [9.17, 15) is 43.7 Å². The van der Waals surface area contributed by atoms with Gasteiger partial charge in [-0.05, 0) is 80.8 Å². The fourth-order valence-corrected chi connectivity index (χ4v) is 6.12. The Kier molecular flexibility index (Phi) is 19.9. The van der Waals surface area contributed by atoms with Crippen LogP contribution in [0.5, 0.6) is 0 Å². The molecule has 0 spiro atoms. The molecular weight excluding hydrogens is 765 g/mol. The van der Waals surface area contributed by atoms with Gasteiger partial charge in [0.1, 0.15) is 18.1 Å². The van der Waals surface area contributed by atoms with E-state index in [1.807, 2.05) is 12.1 Å². The lowest BCUT2D eigenvalue weighted by molar-refractivity contribution is -0.136. The van der Waals surface area contributed by atoms with Crippen molar-refractivity contribution in [3.8, 4) is 11.1 Å². The number of rotatable bonds is 24. The second kappa shape index (κ2) is 24.5. The third-order valence-corrected chi connectivity index (χ3v) is 9.56. The van der Waals surface area contributed by atoms with Gasteiger partial charge in [0.15, 0.2) is 6.17 Å². The zero-order chi connectivity index (χ0) is 43.5. The second-order valence-electron chi connectivity index (χ2n) is 14.4. The Balaban J connectivity index is 1.54. The molecule has 1 fully saturated rings. The molecule has 322 valence electrons. The molecule has 1 heterocycles. The molecule has 0 bridgehead atoms. The molecule has 3 rings (SSSR count). The smallest absolute Gasteiger partial charge is 0.426 e. The third kappa shape index (κ3) is 16.0. The molecular formula is C39H58BN9O10. The maximum atomic E-state index is 13.4. The number of amides is 7. The van der Waals surface area contributed by atoms with Crippen molar-refractivity contribution in [2.24, 2.45) is 17.2 Å². The van der Waals surface area contributed by atoms with Gasteiger partial charge in [0.2, 0.25) is 29.5 Å². The Labute approximate surface area is 343 Å². The molecule has 0 aromatic heterocycles. The summed E-state index contributed by atoms with van der Waals surface area (Å²) in [5.74, 6) is -6.60. The lowest BCUT2D eigenvalue weighted by Crippen LogP contribution is -2.63. The highest BCUT2D eigenvalue weighted by Gasteiger charge is 2.37. The number of unbranched alkanes of at least 4 members (excludes halogenated alkanes) is 2. The Bertz CT molecular complexity index is 1730. The fourth-order valence-electron chi connectivity index (χ4n) is 6.12. The average Bonchev–Trinajstić information content (AvgIpc) is 3.61. The van der Waals surface area contributed by atoms with Crippen LogP contribution in [0.2, 0.25) is 0 Å². The van der Waals surface area contributed by atoms with E-state index in [0.717, 1.165) is 30.4 Å². The molecule has 1 aliphatic heterocycles. The minimum Gasteiger partial charge on any atom is -0.426 e. The average molecular weight is 824 g/mol. The van der Waals surface area contributed by atoms with Crippen LogP contribution < -0.4 is 49.1 Å². The van der Waals surface area contributed by atoms with Crippen LogP contribution in [0.1, 0.15) is 81.1 Å². The highest BCUT2D eigenvalue weighted by molar-refractivity contribution is 6.46. The summed E-state index contributed by atoms with van der Waals surface area (Å²) < 4.78 is 4.98. The monoisotopic (exact) mass is 823 g/mol. The van der Waals surface area contributed by atoms with Crippen LogP contribution >= 0.6 is 0 Å². The van der Waals surface area contributed by atoms with Crippen LogP contribution in [0.25, 0.3) is 11.1 Å². The van der Waals surface area contributed by atoms with E-state index in [-0.39, 0.29) is 38.3 Å². The summed E-state index contributed by atoms with van der Waals surface area (Å²) in [7, 11) is -1.29. The van der Waals surface area contributed by atoms with Gasteiger partial charge < -0.3 is 63.9 Å². The molecule has 1 aliphatic rings. The van der Waals surface area contributed by atoms with E-state index in [1.54, 1.807) is 12.1 Å². The zero-order valence-corrected chi connectivity index (χ0v) is 33.5. The second-order valence-corrected chi connectivity index (χ2v) is 14.4. The summed E-state index contributed by atoms with van der Waals surface area (Å²) in [6, 6.07) is 11.1. The number of carbonyl (C=O) groups is 7. The topological polar surface area (TPSA) is 319 Å². The molecule has 2 unspecified atom stereocenters. The van der Waals surface area contributed by atoms with Crippen molar-refractivity contribution in [1.29, 1.82) is 0 Å². The quantitative estimate of drug-likeness (QED) is 0.0311. The van der Waals surface area contributed by atoms with Gasteiger partial charge in [-0.2, -0.15) is 0 Å². The first-order valence-corrected chi connectivity index (χ1v) is 19.8. The number of nitrogens with two attached hydrogens (primary N) is 3. The van der Waals surface area contributed by atoms with E-state index in [0.29, 0.717) is 24.9 Å². The van der Waals surface area contributed by atoms with Gasteiger partial charge in [0.25, 0.3) is 11.8 Å². The Morgan fingerprint density at radius 3 is 2.08 bits per heavy atom. The van der Waals surface area contributed by atoms with Gasteiger partial charge in [-0.15, -0.1) is 0 Å². The summed E-state index contributed by atoms with van der Waals surface area (Å²) in [6.45, 7) is 3.80. The number of aryl methyl sites for hydroxylation is 1. The van der Waals surface area contributed by atoms with Crippen LogP contribution in [0.15, 0.2) is 48.5 Å². The number of benzene rings is 2. The van der Waals surface area contributed by atoms with Crippen molar-refractivity contribution in [2.45, 2.75) is 108 Å². The van der Waals surface area contributed by atoms with Crippen molar-refractivity contribution < 1.29 is 48.3 Å². The van der Waals surface area contributed by atoms with E-state index in [2.05, 4.69) is 63.1 Å². The summed E-state index contributed by atoms with van der Waals surface area (Å²) in [5, 5.41) is 34.7. The first-order valence-electron chi connectivity index (χ1n) is 19.8. The van der Waals surface area contributed by atoms with Crippen LogP contribution in [0.3, 0.4) is 0 Å². The molecule has 7 amide bonds. The molecule has 6 atom stereocenters. The Morgan fingerprint density at radius 1 is 0.847 bits per heavy atom. The van der Waals surface area contributed by atoms with Gasteiger partial charge >= 0.3 is 7.12 Å². The summed E-state index contributed by atoms with van der Waals surface area (Å²) in [5.41, 5.74) is 20.4. The number of hydrogen-bond donors (Lipinski definition) is 11. The molecule has 0 aliphatic carbocycles. The third-order valence-electron chi connectivity index (χ3n) is 9.56. The number of nitrogens with one attached hydrogen (secondary N) is 6. The predicted molar refractivity (Wildman–Crippen MR) is 218 cm³/mol. The first kappa shape index (κ1) is 48.0. The highest BCUT2D eigenvalue weighted by atomic mass is 16.5. The first-order chi connectivity index (χ1) is 28.1.